The molecule has 0 spiro atoms. The van der Waals surface area contributed by atoms with E-state index in [1.165, 1.54) is 16.6 Å². The van der Waals surface area contributed by atoms with Crippen molar-refractivity contribution in [3.05, 3.63) is 59.4 Å². The van der Waals surface area contributed by atoms with Crippen LogP contribution in [0.4, 0.5) is 0 Å². The molecule has 1 N–H and O–H groups in total. The number of aliphatic hydroxyl groups excluding tert-OH is 1. The highest BCUT2D eigenvalue weighted by Crippen LogP contribution is 2.33. The van der Waals surface area contributed by atoms with Crippen LogP contribution in [-0.2, 0) is 6.54 Å². The predicted octanol–water partition coefficient (Wildman–Crippen LogP) is 5.42. The maximum atomic E-state index is 10.6. The second-order valence-corrected chi connectivity index (χ2v) is 9.15. The smallest absolute Gasteiger partial charge is 0.125 e. The number of aromatic nitrogens is 2. The van der Waals surface area contributed by atoms with Gasteiger partial charge in [0.2, 0.25) is 0 Å². The largest absolute Gasteiger partial charge is 0.493 e. The summed E-state index contributed by atoms with van der Waals surface area (Å²) >= 11 is 0. The lowest BCUT2D eigenvalue weighted by Gasteiger charge is -2.19. The molecule has 2 unspecified atom stereocenters. The van der Waals surface area contributed by atoms with Crippen molar-refractivity contribution in [2.24, 2.45) is 0 Å². The first-order valence-electron chi connectivity index (χ1n) is 12.1. The highest BCUT2D eigenvalue weighted by molar-refractivity contribution is 5.76. The Morgan fingerprint density at radius 3 is 2.56 bits per heavy atom. The van der Waals surface area contributed by atoms with Crippen LogP contribution in [0.1, 0.15) is 61.9 Å². The SMILES string of the molecule is CCCCN1CC(c2nc3ccccc3n2CCCCOc2c(C)cccc2C)CC1O. The summed E-state index contributed by atoms with van der Waals surface area (Å²) in [5, 5.41) is 10.6. The summed E-state index contributed by atoms with van der Waals surface area (Å²) in [6, 6.07) is 14.7. The third kappa shape index (κ3) is 5.00. The van der Waals surface area contributed by atoms with Crippen LogP contribution in [0.2, 0.25) is 0 Å². The third-order valence-electron chi connectivity index (χ3n) is 6.65. The normalized spacial score (nSPS) is 19.1. The standard InChI is InChI=1S/C27H37N3O2/c1-4-5-15-29-19-22(18-25(29)31)27-28-23-13-6-7-14-24(23)30(27)16-8-9-17-32-26-20(2)11-10-12-21(26)3/h6-7,10-14,22,25,31H,4-5,8-9,15-19H2,1-3H3. The summed E-state index contributed by atoms with van der Waals surface area (Å²) in [6.07, 6.45) is 4.72. The number of fused-ring (bicyclic) bond motifs is 1. The Balaban J connectivity index is 1.42. The van der Waals surface area contributed by atoms with Crippen molar-refractivity contribution in [2.75, 3.05) is 19.7 Å². The Hall–Kier alpha value is -2.37. The molecule has 2 aromatic carbocycles. The molecule has 1 aliphatic rings. The van der Waals surface area contributed by atoms with E-state index in [2.05, 4.69) is 72.7 Å². The molecule has 0 aliphatic carbocycles. The van der Waals surface area contributed by atoms with Crippen LogP contribution < -0.4 is 4.74 Å². The molecule has 0 saturated carbocycles. The average Bonchev–Trinajstić information content (AvgIpc) is 3.34. The molecular formula is C27H37N3O2. The zero-order valence-electron chi connectivity index (χ0n) is 19.8. The summed E-state index contributed by atoms with van der Waals surface area (Å²) in [5.74, 6) is 2.42. The van der Waals surface area contributed by atoms with Gasteiger partial charge in [-0.2, -0.15) is 0 Å². The van der Waals surface area contributed by atoms with Crippen molar-refractivity contribution in [3.63, 3.8) is 0 Å². The van der Waals surface area contributed by atoms with Crippen LogP contribution in [0.3, 0.4) is 0 Å². The molecular weight excluding hydrogens is 398 g/mol. The summed E-state index contributed by atoms with van der Waals surface area (Å²) in [6.45, 7) is 9.90. The van der Waals surface area contributed by atoms with Crippen molar-refractivity contribution in [1.29, 1.82) is 0 Å². The van der Waals surface area contributed by atoms with Crippen LogP contribution in [0.15, 0.2) is 42.5 Å². The van der Waals surface area contributed by atoms with E-state index in [9.17, 15) is 5.11 Å². The zero-order valence-corrected chi connectivity index (χ0v) is 19.8. The van der Waals surface area contributed by atoms with Gasteiger partial charge in [0.15, 0.2) is 0 Å². The minimum absolute atomic E-state index is 0.278. The van der Waals surface area contributed by atoms with Gasteiger partial charge in [0.1, 0.15) is 17.8 Å². The van der Waals surface area contributed by atoms with Gasteiger partial charge in [0.05, 0.1) is 17.6 Å². The Morgan fingerprint density at radius 1 is 1.00 bits per heavy atom. The fraction of sp³-hybridized carbons (Fsp3) is 0.519. The molecule has 1 fully saturated rings. The molecule has 4 rings (SSSR count). The van der Waals surface area contributed by atoms with E-state index in [1.54, 1.807) is 0 Å². The first kappa shape index (κ1) is 22.8. The number of imidazole rings is 1. The third-order valence-corrected chi connectivity index (χ3v) is 6.65. The molecule has 32 heavy (non-hydrogen) atoms. The second kappa shape index (κ2) is 10.5. The number of unbranched alkanes of at least 4 members (excludes halogenated alkanes) is 2. The topological polar surface area (TPSA) is 50.5 Å². The lowest BCUT2D eigenvalue weighted by molar-refractivity contribution is 0.0375. The fourth-order valence-corrected chi connectivity index (χ4v) is 4.89. The van der Waals surface area contributed by atoms with E-state index in [0.717, 1.165) is 75.4 Å². The van der Waals surface area contributed by atoms with Crippen molar-refractivity contribution >= 4 is 11.0 Å². The van der Waals surface area contributed by atoms with E-state index in [1.807, 2.05) is 0 Å². The van der Waals surface area contributed by atoms with E-state index in [4.69, 9.17) is 9.72 Å². The van der Waals surface area contributed by atoms with Crippen LogP contribution in [0.25, 0.3) is 11.0 Å². The van der Waals surface area contributed by atoms with Crippen molar-refractivity contribution < 1.29 is 9.84 Å². The van der Waals surface area contributed by atoms with E-state index < -0.39 is 0 Å². The minimum Gasteiger partial charge on any atom is -0.493 e. The highest BCUT2D eigenvalue weighted by Gasteiger charge is 2.34. The predicted molar refractivity (Wildman–Crippen MR) is 130 cm³/mol. The molecule has 3 aromatic rings. The monoisotopic (exact) mass is 435 g/mol. The molecule has 5 heteroatoms. The van der Waals surface area contributed by atoms with Gasteiger partial charge in [0.25, 0.3) is 0 Å². The Bertz CT molecular complexity index is 1010. The van der Waals surface area contributed by atoms with Gasteiger partial charge < -0.3 is 14.4 Å². The van der Waals surface area contributed by atoms with Gasteiger partial charge in [-0.15, -0.1) is 0 Å². The van der Waals surface area contributed by atoms with Crippen molar-refractivity contribution in [3.8, 4) is 5.75 Å². The molecule has 172 valence electrons. The lowest BCUT2D eigenvalue weighted by atomic mass is 10.1. The van der Waals surface area contributed by atoms with E-state index in [0.29, 0.717) is 0 Å². The quantitative estimate of drug-likeness (QED) is 0.432. The molecule has 1 saturated heterocycles. The van der Waals surface area contributed by atoms with E-state index in [-0.39, 0.29) is 12.1 Å². The van der Waals surface area contributed by atoms with Gasteiger partial charge >= 0.3 is 0 Å². The second-order valence-electron chi connectivity index (χ2n) is 9.15. The van der Waals surface area contributed by atoms with Gasteiger partial charge in [-0.25, -0.2) is 4.98 Å². The lowest BCUT2D eigenvalue weighted by Crippen LogP contribution is -2.30. The first-order chi connectivity index (χ1) is 15.6. The molecule has 0 amide bonds. The minimum atomic E-state index is -0.356. The summed E-state index contributed by atoms with van der Waals surface area (Å²) in [4.78, 5) is 7.23. The number of hydrogen-bond donors (Lipinski definition) is 1. The molecule has 1 aromatic heterocycles. The van der Waals surface area contributed by atoms with Crippen LogP contribution >= 0.6 is 0 Å². The van der Waals surface area contributed by atoms with E-state index >= 15 is 0 Å². The van der Waals surface area contributed by atoms with Crippen LogP contribution in [-0.4, -0.2) is 45.5 Å². The maximum absolute atomic E-state index is 10.6. The molecule has 0 radical (unpaired) electrons. The molecule has 5 nitrogen and oxygen atoms in total. The fourth-order valence-electron chi connectivity index (χ4n) is 4.89. The highest BCUT2D eigenvalue weighted by atomic mass is 16.5. The Labute approximate surface area is 192 Å². The number of hydrogen-bond acceptors (Lipinski definition) is 4. The van der Waals surface area contributed by atoms with Crippen LogP contribution in [0.5, 0.6) is 5.75 Å². The van der Waals surface area contributed by atoms with Gasteiger partial charge in [-0.1, -0.05) is 43.7 Å². The number of aliphatic hydroxyl groups is 1. The first-order valence-corrected chi connectivity index (χ1v) is 12.1. The number of para-hydroxylation sites is 3. The Morgan fingerprint density at radius 2 is 1.78 bits per heavy atom. The number of benzene rings is 2. The maximum Gasteiger partial charge on any atom is 0.125 e. The Kier molecular flexibility index (Phi) is 7.48. The van der Waals surface area contributed by atoms with Gasteiger partial charge in [-0.05, 0) is 62.8 Å². The average molecular weight is 436 g/mol. The van der Waals surface area contributed by atoms with Gasteiger partial charge in [0, 0.05) is 25.6 Å². The molecule has 2 atom stereocenters. The molecule has 2 heterocycles. The molecule has 0 bridgehead atoms. The number of rotatable bonds is 10. The van der Waals surface area contributed by atoms with Crippen LogP contribution in [0, 0.1) is 13.8 Å². The molecule has 1 aliphatic heterocycles. The van der Waals surface area contributed by atoms with Crippen molar-refractivity contribution in [1.82, 2.24) is 14.5 Å². The number of likely N-dealkylation sites (tertiary alicyclic amines) is 1. The number of aryl methyl sites for hydroxylation is 3. The van der Waals surface area contributed by atoms with Gasteiger partial charge in [-0.3, -0.25) is 4.90 Å². The summed E-state index contributed by atoms with van der Waals surface area (Å²) in [7, 11) is 0. The number of nitrogens with zero attached hydrogens (tertiary/aromatic N) is 3. The van der Waals surface area contributed by atoms with Crippen molar-refractivity contribution in [2.45, 2.75) is 71.6 Å². The summed E-state index contributed by atoms with van der Waals surface area (Å²) in [5.41, 5.74) is 4.64. The number of ether oxygens (including phenoxy) is 1. The zero-order chi connectivity index (χ0) is 22.5. The summed E-state index contributed by atoms with van der Waals surface area (Å²) < 4.78 is 8.49.